The Bertz CT molecular complexity index is 9320. The summed E-state index contributed by atoms with van der Waals surface area (Å²) in [6, 6.07) is 180. The molecule has 150 heavy (non-hydrogen) atoms. The number of aromatic nitrogens is 13. The monoisotopic (exact) mass is 1920 g/mol. The second kappa shape index (κ2) is 37.1. The lowest BCUT2D eigenvalue weighted by atomic mass is 10.0. The van der Waals surface area contributed by atoms with Crippen LogP contribution in [-0.4, -0.2) is 62.3 Å². The van der Waals surface area contributed by atoms with E-state index in [0.717, 1.165) is 201 Å². The number of benzene rings is 17. The van der Waals surface area contributed by atoms with E-state index in [1.165, 1.54) is 65.4 Å². The minimum absolute atomic E-state index is 0.834. The van der Waals surface area contributed by atoms with Crippen molar-refractivity contribution in [1.82, 2.24) is 62.3 Å². The summed E-state index contributed by atoms with van der Waals surface area (Å²) in [7, 11) is 0. The average molecular weight is 1920 g/mol. The third-order valence-electron chi connectivity index (χ3n) is 29.2. The normalized spacial score (nSPS) is 11.6. The molecule has 0 fully saturated rings. The maximum Gasteiger partial charge on any atom is 0.146 e. The van der Waals surface area contributed by atoms with Gasteiger partial charge in [0.15, 0.2) is 0 Å². The molecule has 0 aliphatic rings. The lowest BCUT2D eigenvalue weighted by Crippen LogP contribution is -2.01. The minimum atomic E-state index is 0.834. The van der Waals surface area contributed by atoms with E-state index < -0.39 is 0 Å². The summed E-state index contributed by atoms with van der Waals surface area (Å²) in [5.74, 6) is 0.834. The SMILES string of the molecule is c1ccc(-c2cc(-c3ccccc3)nc(-n3c4cc(-c5ccc6c7ccccc7n(-c7ccccc7)c6c5)ccc4c4cccnc43)c2)cc1.c1ccc(-c2cc(-n3c4cc(-c5ccc6c7ccccc7n(-c7ccccc7)c6c5)ccc4c4cccnc43)cc(-c3ccccc3)n2)cc1.c1ccc(-n2c3ccccc3c3ccc(-c4ccc5c6cccnc6n(-c6cc(-c7ccccn7)cc(-c7ccccn7)c6)c5c4)cc32)cc1. The van der Waals surface area contributed by atoms with Gasteiger partial charge >= 0.3 is 0 Å². The predicted octanol–water partition coefficient (Wildman–Crippen LogP) is 34.4. The molecule has 30 aromatic rings. The van der Waals surface area contributed by atoms with Crippen molar-refractivity contribution < 1.29 is 0 Å². The Morgan fingerprint density at radius 1 is 0.120 bits per heavy atom. The van der Waals surface area contributed by atoms with Crippen molar-refractivity contribution in [3.8, 4) is 135 Å². The van der Waals surface area contributed by atoms with E-state index in [-0.39, 0.29) is 0 Å². The molecule has 0 bridgehead atoms. The highest BCUT2D eigenvalue weighted by molar-refractivity contribution is 6.16. The smallest absolute Gasteiger partial charge is 0.146 e. The van der Waals surface area contributed by atoms with Gasteiger partial charge in [-0.2, -0.15) is 0 Å². The fourth-order valence-corrected chi connectivity index (χ4v) is 22.3. The van der Waals surface area contributed by atoms with E-state index in [4.69, 9.17) is 34.9 Å². The van der Waals surface area contributed by atoms with Crippen LogP contribution < -0.4 is 0 Å². The molecule has 702 valence electrons. The van der Waals surface area contributed by atoms with Crippen molar-refractivity contribution in [3.05, 3.63) is 541 Å². The zero-order valence-corrected chi connectivity index (χ0v) is 81.2. The summed E-state index contributed by atoms with van der Waals surface area (Å²) >= 11 is 0. The lowest BCUT2D eigenvalue weighted by Gasteiger charge is -2.13. The van der Waals surface area contributed by atoms with Gasteiger partial charge < -0.3 is 13.7 Å². The minimum Gasteiger partial charge on any atom is -0.309 e. The summed E-state index contributed by atoms with van der Waals surface area (Å²) in [6.07, 6.45) is 9.30. The molecule has 30 rings (SSSR count). The molecule has 0 saturated carbocycles. The van der Waals surface area contributed by atoms with Crippen LogP contribution in [0.25, 0.3) is 266 Å². The Labute approximate surface area is 863 Å². The van der Waals surface area contributed by atoms with Crippen molar-refractivity contribution >= 4 is 131 Å². The molecule has 0 aliphatic heterocycles. The predicted molar refractivity (Wildman–Crippen MR) is 619 cm³/mol. The van der Waals surface area contributed by atoms with Crippen molar-refractivity contribution in [2.45, 2.75) is 0 Å². The fourth-order valence-electron chi connectivity index (χ4n) is 22.3. The summed E-state index contributed by atoms with van der Waals surface area (Å²) in [6.45, 7) is 0. The Morgan fingerprint density at radius 2 is 0.387 bits per heavy atom. The van der Waals surface area contributed by atoms with Gasteiger partial charge in [-0.3, -0.25) is 23.7 Å². The Morgan fingerprint density at radius 3 is 0.733 bits per heavy atom. The van der Waals surface area contributed by atoms with Gasteiger partial charge in [0.2, 0.25) is 0 Å². The second-order valence-corrected chi connectivity index (χ2v) is 37.9. The zero-order chi connectivity index (χ0) is 99.1. The topological polar surface area (TPSA) is 120 Å². The Kier molecular flexibility index (Phi) is 21.6. The van der Waals surface area contributed by atoms with Crippen molar-refractivity contribution in [2.24, 2.45) is 0 Å². The van der Waals surface area contributed by atoms with E-state index in [1.54, 1.807) is 0 Å². The first-order valence-corrected chi connectivity index (χ1v) is 50.6. The van der Waals surface area contributed by atoms with E-state index in [2.05, 4.69) is 476 Å². The number of nitrogens with zero attached hydrogens (tertiary/aromatic N) is 13. The molecular formula is C137H89N13. The third kappa shape index (κ3) is 15.5. The van der Waals surface area contributed by atoms with Crippen LogP contribution in [0.4, 0.5) is 0 Å². The van der Waals surface area contributed by atoms with Gasteiger partial charge in [0.25, 0.3) is 0 Å². The molecule has 13 nitrogen and oxygen atoms in total. The highest BCUT2D eigenvalue weighted by Gasteiger charge is 2.26. The van der Waals surface area contributed by atoms with Crippen LogP contribution >= 0.6 is 0 Å². The molecule has 0 spiro atoms. The van der Waals surface area contributed by atoms with Crippen LogP contribution in [0, 0.1) is 0 Å². The fraction of sp³-hybridized carbons (Fsp3) is 0. The molecule has 13 heteroatoms. The molecule has 0 radical (unpaired) electrons. The first kappa shape index (κ1) is 87.4. The van der Waals surface area contributed by atoms with E-state index in [0.29, 0.717) is 0 Å². The molecule has 13 heterocycles. The highest BCUT2D eigenvalue weighted by atomic mass is 15.1. The maximum absolute atomic E-state index is 5.30. The maximum atomic E-state index is 5.30. The summed E-state index contributed by atoms with van der Waals surface area (Å²) in [5.41, 5.74) is 37.6. The van der Waals surface area contributed by atoms with Gasteiger partial charge in [-0.05, 0) is 239 Å². The highest BCUT2D eigenvalue weighted by Crippen LogP contribution is 2.46. The molecule has 0 aliphatic carbocycles. The Balaban J connectivity index is 0.000000108. The Hall–Kier alpha value is -20.4. The number of rotatable bonds is 15. The molecule has 0 unspecified atom stereocenters. The standard InChI is InChI=1S/2C46H30N4.C45H29N5/c1-4-13-31(14-5-1)35-27-41(32-15-6-2-7-16-32)48-45(30-35)50-44-29-34(23-25-39(44)40-20-12-26-47-46(40)50)33-22-24-38-37-19-10-11-21-42(37)49(43(38)28-33)36-17-8-3-9-18-36;1-4-13-31(14-5-1)41-29-36(30-42(48-41)32-15-6-2-7-16-32)50-45-28-34(23-25-39(45)40-20-12-26-47-46(40)50)33-22-24-38-37-19-10-11-21-43(37)49(44(38)27-33)35-17-8-3-9-18-35;1-2-11-34(12-3-1)49-42-17-5-4-13-36(42)37-20-18-30(28-43(37)49)31-19-21-38-39-14-10-24-48-45(39)50(44(38)29-31)35-26-32(40-15-6-8-22-46-40)25-33(27-35)41-16-7-9-23-47-41/h2*1-30H;1-29H. The number of pyridine rings is 7. The summed E-state index contributed by atoms with van der Waals surface area (Å²) in [5, 5.41) is 14.2. The van der Waals surface area contributed by atoms with Crippen LogP contribution in [0.5, 0.6) is 0 Å². The van der Waals surface area contributed by atoms with E-state index >= 15 is 0 Å². The van der Waals surface area contributed by atoms with Crippen LogP contribution in [0.15, 0.2) is 541 Å². The third-order valence-corrected chi connectivity index (χ3v) is 29.2. The molecular weight excluding hydrogens is 1830 g/mol. The number of para-hydroxylation sites is 6. The molecule has 0 saturated heterocycles. The summed E-state index contributed by atoms with van der Waals surface area (Å²) in [4.78, 5) is 34.7. The van der Waals surface area contributed by atoms with Crippen LogP contribution in [0.3, 0.4) is 0 Å². The molecule has 13 aromatic heterocycles. The van der Waals surface area contributed by atoms with Gasteiger partial charge in [0.05, 0.1) is 83.8 Å². The molecule has 0 N–H and O–H groups in total. The second-order valence-electron chi connectivity index (χ2n) is 37.9. The van der Waals surface area contributed by atoms with Crippen LogP contribution in [0.2, 0.25) is 0 Å². The van der Waals surface area contributed by atoms with Crippen molar-refractivity contribution in [2.75, 3.05) is 0 Å². The van der Waals surface area contributed by atoms with Gasteiger partial charge in [-0.15, -0.1) is 0 Å². The molecule has 0 amide bonds. The van der Waals surface area contributed by atoms with Crippen LogP contribution in [-0.2, 0) is 0 Å². The zero-order valence-electron chi connectivity index (χ0n) is 81.2. The van der Waals surface area contributed by atoms with Gasteiger partial charge in [0.1, 0.15) is 22.8 Å². The first-order chi connectivity index (χ1) is 74.4. The van der Waals surface area contributed by atoms with Gasteiger partial charge in [-0.25, -0.2) is 24.9 Å². The quantitative estimate of drug-likeness (QED) is 0.100. The lowest BCUT2D eigenvalue weighted by molar-refractivity contribution is 1.06. The molecule has 0 atom stereocenters. The van der Waals surface area contributed by atoms with E-state index in [9.17, 15) is 0 Å². The van der Waals surface area contributed by atoms with Crippen LogP contribution in [0.1, 0.15) is 0 Å². The molecule has 17 aromatic carbocycles. The largest absolute Gasteiger partial charge is 0.309 e. The number of hydrogen-bond donors (Lipinski definition) is 0. The van der Waals surface area contributed by atoms with Crippen molar-refractivity contribution in [1.29, 1.82) is 0 Å². The van der Waals surface area contributed by atoms with Gasteiger partial charge in [0, 0.05) is 146 Å². The van der Waals surface area contributed by atoms with Crippen molar-refractivity contribution in [3.63, 3.8) is 0 Å². The average Bonchev–Trinajstić information content (AvgIpc) is 1.58. The summed E-state index contributed by atoms with van der Waals surface area (Å²) < 4.78 is 13.9. The number of hydrogen-bond acceptors (Lipinski definition) is 7. The van der Waals surface area contributed by atoms with E-state index in [1.807, 2.05) is 91.6 Å². The van der Waals surface area contributed by atoms with Gasteiger partial charge in [-0.1, -0.05) is 315 Å². The number of fused-ring (bicyclic) bond motifs is 18. The first-order valence-electron chi connectivity index (χ1n) is 50.6.